The number of aliphatic carboxylic acids is 2. The van der Waals surface area contributed by atoms with E-state index in [1.807, 2.05) is 54.6 Å². The third-order valence-corrected chi connectivity index (χ3v) is 10.3. The molecule has 0 spiro atoms. The van der Waals surface area contributed by atoms with Crippen LogP contribution in [0.1, 0.15) is 99.2 Å². The zero-order chi connectivity index (χ0) is 37.7. The summed E-state index contributed by atoms with van der Waals surface area (Å²) in [6.07, 6.45) is 8.82. The molecule has 2 aromatic heterocycles. The minimum atomic E-state index is -1.39. The number of carboxylic acids is 2. The van der Waals surface area contributed by atoms with E-state index in [1.165, 1.54) is 37.0 Å². The van der Waals surface area contributed by atoms with Crippen molar-refractivity contribution < 1.29 is 34.1 Å². The number of amides is 1. The molecule has 2 heterocycles. The molecule has 1 amide bonds. The molecule has 10 nitrogen and oxygen atoms in total. The molecule has 0 saturated carbocycles. The summed E-state index contributed by atoms with van der Waals surface area (Å²) in [5.41, 5.74) is 3.23. The van der Waals surface area contributed by atoms with Gasteiger partial charge < -0.3 is 20.3 Å². The number of carboxylic acid groups (broad SMARTS) is 2. The molecule has 0 aliphatic rings. The Kier molecular flexibility index (Phi) is 14.6. The fourth-order valence-electron chi connectivity index (χ4n) is 5.63. The van der Waals surface area contributed by atoms with E-state index in [2.05, 4.69) is 43.0 Å². The summed E-state index contributed by atoms with van der Waals surface area (Å²) in [5, 5.41) is 21.2. The van der Waals surface area contributed by atoms with Gasteiger partial charge in [0.15, 0.2) is 11.6 Å². The molecule has 0 saturated heterocycles. The Bertz CT molecular complexity index is 1780. The number of hydrogen-bond acceptors (Lipinski definition) is 8. The van der Waals surface area contributed by atoms with E-state index in [1.54, 1.807) is 18.5 Å². The number of ketones is 1. The second-order valence-electron chi connectivity index (χ2n) is 14.1. The summed E-state index contributed by atoms with van der Waals surface area (Å²) in [5.74, 6) is -2.87. The molecule has 4 aromatic rings. The third kappa shape index (κ3) is 12.1. The highest BCUT2D eigenvalue weighted by Crippen LogP contribution is 2.31. The van der Waals surface area contributed by atoms with Crippen LogP contribution in [0.25, 0.3) is 22.5 Å². The Morgan fingerprint density at radius 3 is 2.08 bits per heavy atom. The van der Waals surface area contributed by atoms with Crippen LogP contribution in [-0.4, -0.2) is 56.5 Å². The molecule has 3 N–H and O–H groups in total. The van der Waals surface area contributed by atoms with Crippen LogP contribution in [0.4, 0.5) is 0 Å². The summed E-state index contributed by atoms with van der Waals surface area (Å²) < 4.78 is 5.88. The predicted molar refractivity (Wildman–Crippen MR) is 203 cm³/mol. The lowest BCUT2D eigenvalue weighted by Gasteiger charge is -2.20. The average Bonchev–Trinajstić information content (AvgIpc) is 3.64. The quantitative estimate of drug-likeness (QED) is 0.0601. The molecular formula is C41H49N3O7S. The lowest BCUT2D eigenvalue weighted by Crippen LogP contribution is -2.44. The highest BCUT2D eigenvalue weighted by Gasteiger charge is 2.29. The highest BCUT2D eigenvalue weighted by molar-refractivity contribution is 7.14. The first-order valence-corrected chi connectivity index (χ1v) is 18.7. The number of hydrogen-bond donors (Lipinski definition) is 3. The number of carbonyl (C=O) groups excluding carboxylic acids is 2. The number of carbonyl (C=O) groups is 4. The van der Waals surface area contributed by atoms with Crippen molar-refractivity contribution in [3.63, 3.8) is 0 Å². The first-order valence-electron chi connectivity index (χ1n) is 17.9. The topological polar surface area (TPSA) is 156 Å². The van der Waals surface area contributed by atoms with Gasteiger partial charge in [0.2, 0.25) is 5.91 Å². The van der Waals surface area contributed by atoms with Crippen molar-refractivity contribution in [2.45, 2.75) is 96.9 Å². The van der Waals surface area contributed by atoms with Gasteiger partial charge in [-0.15, -0.1) is 11.3 Å². The Morgan fingerprint density at radius 1 is 0.827 bits per heavy atom. The molecule has 0 aliphatic carbocycles. The number of Topliss-reactive ketones (excluding diaryl/α,β-unsaturated/α-hetero) is 1. The first kappa shape index (κ1) is 39.9. The van der Waals surface area contributed by atoms with Gasteiger partial charge in [-0.1, -0.05) is 89.8 Å². The van der Waals surface area contributed by atoms with E-state index in [0.29, 0.717) is 17.3 Å². The first-order chi connectivity index (χ1) is 24.8. The van der Waals surface area contributed by atoms with Crippen LogP contribution in [0.15, 0.2) is 73.1 Å². The summed E-state index contributed by atoms with van der Waals surface area (Å²) in [6.45, 7) is 9.08. The molecule has 2 aromatic carbocycles. The van der Waals surface area contributed by atoms with Gasteiger partial charge in [0.1, 0.15) is 11.8 Å². The van der Waals surface area contributed by atoms with Crippen LogP contribution >= 0.6 is 11.3 Å². The highest BCUT2D eigenvalue weighted by atomic mass is 32.1. The lowest BCUT2D eigenvalue weighted by molar-refractivity contribution is -0.143. The smallest absolute Gasteiger partial charge is 0.326 e. The fraction of sp³-hybridized carbons (Fsp3) is 0.415. The van der Waals surface area contributed by atoms with E-state index in [9.17, 15) is 24.3 Å². The van der Waals surface area contributed by atoms with Crippen LogP contribution < -0.4 is 10.1 Å². The monoisotopic (exact) mass is 727 g/mol. The molecule has 0 fully saturated rings. The van der Waals surface area contributed by atoms with Crippen LogP contribution in [-0.2, 0) is 26.2 Å². The third-order valence-electron chi connectivity index (χ3n) is 8.73. The zero-order valence-corrected chi connectivity index (χ0v) is 31.2. The van der Waals surface area contributed by atoms with Gasteiger partial charge >= 0.3 is 11.9 Å². The number of unbranched alkanes of at least 4 members (excludes halogenated alkanes) is 4. The molecule has 11 heteroatoms. The van der Waals surface area contributed by atoms with Crippen molar-refractivity contribution >= 4 is 35.0 Å². The second-order valence-corrected chi connectivity index (χ2v) is 15.1. The molecular weight excluding hydrogens is 679 g/mol. The Balaban J connectivity index is 1.43. The standard InChI is InChI=1S/C41H49N3O7S/c1-5-6-7-8-9-22-51-32-16-14-28(15-17-32)31-25-42-38(43-26-31)29-12-10-27(11-13-29)23-30(39(48)44-33(40(49)50)18-21-37(46)47)24-34(45)35-19-20-36(52-35)41(2,3)4/h10-17,19-20,25-26,30,33H,5-9,18,21-24H2,1-4H3,(H,44,48)(H,46,47)(H,49,50)/t30-,33+/m1/s1. The maximum Gasteiger partial charge on any atom is 0.326 e. The fourth-order valence-corrected chi connectivity index (χ4v) is 6.64. The SMILES string of the molecule is CCCCCCCOc1ccc(-c2cnc(-c3ccc(C[C@H](CC(=O)c4ccc(C(C)(C)C)s4)C(=O)N[C@@H](CCC(=O)O)C(=O)O)cc3)nc2)cc1. The molecule has 2 atom stereocenters. The van der Waals surface area contributed by atoms with Crippen molar-refractivity contribution in [3.8, 4) is 28.3 Å². The second kappa shape index (κ2) is 19.1. The van der Waals surface area contributed by atoms with E-state index in [-0.39, 0.29) is 30.5 Å². The summed E-state index contributed by atoms with van der Waals surface area (Å²) >= 11 is 1.38. The molecule has 52 heavy (non-hydrogen) atoms. The van der Waals surface area contributed by atoms with E-state index < -0.39 is 36.2 Å². The lowest BCUT2D eigenvalue weighted by atomic mass is 9.92. The summed E-state index contributed by atoms with van der Waals surface area (Å²) in [4.78, 5) is 60.5. The van der Waals surface area contributed by atoms with Crippen LogP contribution in [0.5, 0.6) is 5.75 Å². The van der Waals surface area contributed by atoms with Gasteiger partial charge in [-0.3, -0.25) is 14.4 Å². The molecule has 0 aliphatic heterocycles. The number of nitrogens with one attached hydrogen (secondary N) is 1. The van der Waals surface area contributed by atoms with Gasteiger partial charge in [-0.2, -0.15) is 0 Å². The van der Waals surface area contributed by atoms with Crippen LogP contribution in [0.3, 0.4) is 0 Å². The average molecular weight is 728 g/mol. The summed E-state index contributed by atoms with van der Waals surface area (Å²) in [6, 6.07) is 17.5. The Morgan fingerprint density at radius 2 is 1.48 bits per heavy atom. The molecule has 0 radical (unpaired) electrons. The molecule has 4 rings (SSSR count). The predicted octanol–water partition coefficient (Wildman–Crippen LogP) is 8.38. The molecule has 0 bridgehead atoms. The number of rotatable bonds is 20. The van der Waals surface area contributed by atoms with Gasteiger partial charge in [0.25, 0.3) is 0 Å². The van der Waals surface area contributed by atoms with Crippen molar-refractivity contribution in [1.29, 1.82) is 0 Å². The van der Waals surface area contributed by atoms with E-state index >= 15 is 0 Å². The van der Waals surface area contributed by atoms with Crippen molar-refractivity contribution in [1.82, 2.24) is 15.3 Å². The number of nitrogens with zero attached hydrogens (tertiary/aromatic N) is 2. The maximum absolute atomic E-state index is 13.5. The van der Waals surface area contributed by atoms with Crippen molar-refractivity contribution in [2.24, 2.45) is 5.92 Å². The number of thiophene rings is 1. The van der Waals surface area contributed by atoms with Crippen LogP contribution in [0, 0.1) is 5.92 Å². The maximum atomic E-state index is 13.5. The number of aromatic nitrogens is 2. The zero-order valence-electron chi connectivity index (χ0n) is 30.4. The van der Waals surface area contributed by atoms with Gasteiger partial charge in [-0.25, -0.2) is 14.8 Å². The minimum absolute atomic E-state index is 0.139. The van der Waals surface area contributed by atoms with Crippen LogP contribution in [0.2, 0.25) is 0 Å². The number of ether oxygens (including phenoxy) is 1. The normalized spacial score (nSPS) is 12.5. The van der Waals surface area contributed by atoms with Gasteiger partial charge in [0, 0.05) is 47.2 Å². The van der Waals surface area contributed by atoms with E-state index in [0.717, 1.165) is 39.3 Å². The summed E-state index contributed by atoms with van der Waals surface area (Å²) in [7, 11) is 0. The van der Waals surface area contributed by atoms with Gasteiger partial charge in [-0.05, 0) is 60.1 Å². The van der Waals surface area contributed by atoms with Gasteiger partial charge in [0.05, 0.1) is 11.5 Å². The largest absolute Gasteiger partial charge is 0.494 e. The van der Waals surface area contributed by atoms with Crippen molar-refractivity contribution in [3.05, 3.63) is 88.4 Å². The Labute approximate surface area is 309 Å². The molecule has 0 unspecified atom stereocenters. The van der Waals surface area contributed by atoms with E-state index in [4.69, 9.17) is 9.84 Å². The minimum Gasteiger partial charge on any atom is -0.494 e. The number of benzene rings is 2. The van der Waals surface area contributed by atoms with Crippen molar-refractivity contribution in [2.75, 3.05) is 6.61 Å². The Hall–Kier alpha value is -4.90. The molecule has 276 valence electrons.